The third kappa shape index (κ3) is 3.32. The van der Waals surface area contributed by atoms with E-state index in [0.29, 0.717) is 22.4 Å². The SMILES string of the molecule is O=C(Nc1ccncc1)c1ccccc1C(=O)c1ccccc1. The van der Waals surface area contributed by atoms with Gasteiger partial charge in [0.05, 0.1) is 5.56 Å². The average molecular weight is 302 g/mol. The smallest absolute Gasteiger partial charge is 0.256 e. The molecule has 0 saturated heterocycles. The lowest BCUT2D eigenvalue weighted by atomic mass is 9.98. The van der Waals surface area contributed by atoms with Crippen LogP contribution in [0.3, 0.4) is 0 Å². The van der Waals surface area contributed by atoms with Crippen LogP contribution in [0.25, 0.3) is 0 Å². The first kappa shape index (κ1) is 14.7. The fraction of sp³-hybridized carbons (Fsp3) is 0. The molecule has 3 aromatic rings. The van der Waals surface area contributed by atoms with Crippen molar-refractivity contribution < 1.29 is 9.59 Å². The van der Waals surface area contributed by atoms with Crippen molar-refractivity contribution in [1.29, 1.82) is 0 Å². The largest absolute Gasteiger partial charge is 0.322 e. The third-order valence-corrected chi connectivity index (χ3v) is 3.39. The van der Waals surface area contributed by atoms with E-state index in [1.165, 1.54) is 0 Å². The molecule has 0 atom stereocenters. The first-order valence-electron chi connectivity index (χ1n) is 7.16. The van der Waals surface area contributed by atoms with Gasteiger partial charge in [0, 0.05) is 29.2 Å². The van der Waals surface area contributed by atoms with Crippen molar-refractivity contribution in [3.8, 4) is 0 Å². The van der Waals surface area contributed by atoms with Gasteiger partial charge in [0.15, 0.2) is 5.78 Å². The second-order valence-electron chi connectivity index (χ2n) is 4.93. The molecular formula is C19H14N2O2. The molecule has 0 aliphatic rings. The number of hydrogen-bond donors (Lipinski definition) is 1. The van der Waals surface area contributed by atoms with E-state index >= 15 is 0 Å². The fourth-order valence-electron chi connectivity index (χ4n) is 2.26. The number of rotatable bonds is 4. The lowest BCUT2D eigenvalue weighted by Crippen LogP contribution is -2.16. The Morgan fingerprint density at radius 3 is 2.04 bits per heavy atom. The number of nitrogens with one attached hydrogen (secondary N) is 1. The maximum absolute atomic E-state index is 12.6. The van der Waals surface area contributed by atoms with Crippen molar-refractivity contribution >= 4 is 17.4 Å². The summed E-state index contributed by atoms with van der Waals surface area (Å²) in [4.78, 5) is 29.0. The highest BCUT2D eigenvalue weighted by Crippen LogP contribution is 2.16. The van der Waals surface area contributed by atoms with E-state index in [2.05, 4.69) is 10.3 Å². The van der Waals surface area contributed by atoms with Crippen molar-refractivity contribution in [2.45, 2.75) is 0 Å². The van der Waals surface area contributed by atoms with E-state index < -0.39 is 0 Å². The highest BCUT2D eigenvalue weighted by molar-refractivity contribution is 6.17. The molecule has 3 rings (SSSR count). The summed E-state index contributed by atoms with van der Waals surface area (Å²) in [7, 11) is 0. The number of nitrogens with zero attached hydrogens (tertiary/aromatic N) is 1. The van der Waals surface area contributed by atoms with Crippen LogP contribution in [0.5, 0.6) is 0 Å². The van der Waals surface area contributed by atoms with Crippen LogP contribution in [0, 0.1) is 0 Å². The van der Waals surface area contributed by atoms with Crippen LogP contribution in [0.2, 0.25) is 0 Å². The Hall–Kier alpha value is -3.27. The molecule has 0 spiro atoms. The zero-order chi connectivity index (χ0) is 16.1. The van der Waals surface area contributed by atoms with Crippen molar-refractivity contribution in [3.63, 3.8) is 0 Å². The molecule has 0 aliphatic carbocycles. The van der Waals surface area contributed by atoms with Gasteiger partial charge in [0.2, 0.25) is 0 Å². The van der Waals surface area contributed by atoms with Crippen molar-refractivity contribution in [2.75, 3.05) is 5.32 Å². The Morgan fingerprint density at radius 1 is 0.739 bits per heavy atom. The van der Waals surface area contributed by atoms with Crippen molar-refractivity contribution in [3.05, 3.63) is 95.8 Å². The van der Waals surface area contributed by atoms with Gasteiger partial charge in [-0.25, -0.2) is 0 Å². The summed E-state index contributed by atoms with van der Waals surface area (Å²) < 4.78 is 0. The van der Waals surface area contributed by atoms with Gasteiger partial charge >= 0.3 is 0 Å². The van der Waals surface area contributed by atoms with E-state index in [9.17, 15) is 9.59 Å². The minimum Gasteiger partial charge on any atom is -0.322 e. The third-order valence-electron chi connectivity index (χ3n) is 3.39. The number of benzene rings is 2. The molecular weight excluding hydrogens is 288 g/mol. The predicted octanol–water partition coefficient (Wildman–Crippen LogP) is 3.56. The number of carbonyl (C=O) groups excluding carboxylic acids is 2. The molecule has 112 valence electrons. The number of aromatic nitrogens is 1. The van der Waals surface area contributed by atoms with E-state index in [-0.39, 0.29) is 11.7 Å². The zero-order valence-electron chi connectivity index (χ0n) is 12.3. The zero-order valence-corrected chi connectivity index (χ0v) is 12.3. The van der Waals surface area contributed by atoms with Crippen LogP contribution in [0.15, 0.2) is 79.1 Å². The van der Waals surface area contributed by atoms with Gasteiger partial charge in [-0.15, -0.1) is 0 Å². The summed E-state index contributed by atoms with van der Waals surface area (Å²) in [5.41, 5.74) is 1.91. The molecule has 0 bridgehead atoms. The van der Waals surface area contributed by atoms with Crippen molar-refractivity contribution in [1.82, 2.24) is 4.98 Å². The molecule has 0 saturated carbocycles. The average Bonchev–Trinajstić information content (AvgIpc) is 2.62. The summed E-state index contributed by atoms with van der Waals surface area (Å²) >= 11 is 0. The monoisotopic (exact) mass is 302 g/mol. The van der Waals surface area contributed by atoms with Gasteiger partial charge in [-0.2, -0.15) is 0 Å². The highest BCUT2D eigenvalue weighted by Gasteiger charge is 2.17. The summed E-state index contributed by atoms with van der Waals surface area (Å²) in [5.74, 6) is -0.498. The molecule has 4 heteroatoms. The number of ketones is 1. The Morgan fingerprint density at radius 2 is 1.35 bits per heavy atom. The molecule has 2 aromatic carbocycles. The number of anilines is 1. The van der Waals surface area contributed by atoms with Gasteiger partial charge in [-0.3, -0.25) is 14.6 Å². The van der Waals surface area contributed by atoms with Crippen molar-refractivity contribution in [2.24, 2.45) is 0 Å². The van der Waals surface area contributed by atoms with Crippen LogP contribution in [0.4, 0.5) is 5.69 Å². The van der Waals surface area contributed by atoms with Gasteiger partial charge in [0.25, 0.3) is 5.91 Å². The summed E-state index contributed by atoms with van der Waals surface area (Å²) in [6.07, 6.45) is 3.19. The van der Waals surface area contributed by atoms with Crippen LogP contribution < -0.4 is 5.32 Å². The topological polar surface area (TPSA) is 59.1 Å². The minimum atomic E-state index is -0.323. The Kier molecular flexibility index (Phi) is 4.25. The maximum atomic E-state index is 12.6. The Labute approximate surface area is 133 Å². The first-order valence-corrected chi connectivity index (χ1v) is 7.16. The molecule has 0 unspecified atom stereocenters. The van der Waals surface area contributed by atoms with Gasteiger partial charge in [0.1, 0.15) is 0 Å². The summed E-state index contributed by atoms with van der Waals surface area (Å²) in [6.45, 7) is 0. The lowest BCUT2D eigenvalue weighted by molar-refractivity contribution is 0.0996. The van der Waals surface area contributed by atoms with Gasteiger partial charge < -0.3 is 5.32 Å². The second-order valence-corrected chi connectivity index (χ2v) is 4.93. The molecule has 1 amide bonds. The van der Waals surface area contributed by atoms with Gasteiger partial charge in [-0.1, -0.05) is 48.5 Å². The molecule has 1 N–H and O–H groups in total. The standard InChI is InChI=1S/C19H14N2O2/c22-18(14-6-2-1-3-7-14)16-8-4-5-9-17(16)19(23)21-15-10-12-20-13-11-15/h1-13H,(H,20,21,23). The molecule has 4 nitrogen and oxygen atoms in total. The van der Waals surface area contributed by atoms with Crippen LogP contribution in [-0.2, 0) is 0 Å². The fourth-order valence-corrected chi connectivity index (χ4v) is 2.26. The summed E-state index contributed by atoms with van der Waals surface area (Å²) in [5, 5.41) is 2.77. The predicted molar refractivity (Wildman–Crippen MR) is 88.5 cm³/mol. The normalized spacial score (nSPS) is 10.1. The number of carbonyl (C=O) groups is 2. The maximum Gasteiger partial charge on any atom is 0.256 e. The Balaban J connectivity index is 1.92. The van der Waals surface area contributed by atoms with E-state index in [0.717, 1.165) is 0 Å². The van der Waals surface area contributed by atoms with Crippen LogP contribution in [0.1, 0.15) is 26.3 Å². The number of pyridine rings is 1. The number of amides is 1. The summed E-state index contributed by atoms with van der Waals surface area (Å²) in [6, 6.07) is 19.1. The second kappa shape index (κ2) is 6.66. The van der Waals surface area contributed by atoms with E-state index in [1.54, 1.807) is 73.1 Å². The molecule has 1 heterocycles. The van der Waals surface area contributed by atoms with Crippen LogP contribution in [-0.4, -0.2) is 16.7 Å². The molecule has 1 aromatic heterocycles. The highest BCUT2D eigenvalue weighted by atomic mass is 16.2. The minimum absolute atomic E-state index is 0.175. The Bertz CT molecular complexity index is 830. The van der Waals surface area contributed by atoms with E-state index in [4.69, 9.17) is 0 Å². The molecule has 0 radical (unpaired) electrons. The van der Waals surface area contributed by atoms with Crippen LogP contribution >= 0.6 is 0 Å². The number of hydrogen-bond acceptors (Lipinski definition) is 3. The molecule has 23 heavy (non-hydrogen) atoms. The molecule has 0 aliphatic heterocycles. The van der Waals surface area contributed by atoms with E-state index in [1.807, 2.05) is 6.07 Å². The lowest BCUT2D eigenvalue weighted by Gasteiger charge is -2.09. The first-order chi connectivity index (χ1) is 11.3. The quantitative estimate of drug-likeness (QED) is 0.750. The van der Waals surface area contributed by atoms with Gasteiger partial charge in [-0.05, 0) is 18.2 Å². The molecule has 0 fully saturated rings.